The number of benzene rings is 1. The predicted molar refractivity (Wildman–Crippen MR) is 115 cm³/mol. The number of nitrogens with zero attached hydrogens (tertiary/aromatic N) is 1. The fourth-order valence-corrected chi connectivity index (χ4v) is 3.88. The SMILES string of the molecule is CC(=C/c1ccccc1)/C=C1/SC(=S)N(CCC(=O)NCCCC(=O)O)C1=O. The van der Waals surface area contributed by atoms with Gasteiger partial charge in [-0.1, -0.05) is 60.4 Å². The van der Waals surface area contributed by atoms with Gasteiger partial charge in [0, 0.05) is 25.9 Å². The van der Waals surface area contributed by atoms with E-state index in [0.717, 1.165) is 11.1 Å². The smallest absolute Gasteiger partial charge is 0.303 e. The maximum absolute atomic E-state index is 12.6. The molecule has 0 aromatic heterocycles. The largest absolute Gasteiger partial charge is 0.481 e. The van der Waals surface area contributed by atoms with Crippen LogP contribution in [0.15, 0.2) is 46.9 Å². The second kappa shape index (κ2) is 10.8. The van der Waals surface area contributed by atoms with Crippen LogP contribution in [0.3, 0.4) is 0 Å². The average Bonchev–Trinajstić information content (AvgIpc) is 2.90. The van der Waals surface area contributed by atoms with E-state index in [1.807, 2.05) is 43.3 Å². The predicted octanol–water partition coefficient (Wildman–Crippen LogP) is 3.21. The highest BCUT2D eigenvalue weighted by molar-refractivity contribution is 8.26. The molecule has 1 aliphatic heterocycles. The molecule has 1 aromatic carbocycles. The van der Waals surface area contributed by atoms with Crippen LogP contribution < -0.4 is 5.32 Å². The van der Waals surface area contributed by atoms with Crippen LogP contribution in [-0.4, -0.2) is 45.2 Å². The topological polar surface area (TPSA) is 86.7 Å². The normalized spacial score (nSPS) is 16.0. The van der Waals surface area contributed by atoms with E-state index in [0.29, 0.717) is 22.2 Å². The molecule has 148 valence electrons. The third-order valence-electron chi connectivity index (χ3n) is 3.88. The molecule has 1 aliphatic rings. The Morgan fingerprint density at radius 1 is 1.25 bits per heavy atom. The van der Waals surface area contributed by atoms with Gasteiger partial charge in [-0.3, -0.25) is 19.3 Å². The number of allylic oxidation sites excluding steroid dienone is 2. The minimum absolute atomic E-state index is 0.00955. The van der Waals surface area contributed by atoms with Crippen molar-refractivity contribution < 1.29 is 19.5 Å². The summed E-state index contributed by atoms with van der Waals surface area (Å²) >= 11 is 6.50. The van der Waals surface area contributed by atoms with E-state index < -0.39 is 5.97 Å². The summed E-state index contributed by atoms with van der Waals surface area (Å²) in [5.41, 5.74) is 1.98. The summed E-state index contributed by atoms with van der Waals surface area (Å²) in [7, 11) is 0. The molecule has 0 radical (unpaired) electrons. The molecule has 0 spiro atoms. The summed E-state index contributed by atoms with van der Waals surface area (Å²) in [5.74, 6) is -1.33. The number of nitrogens with one attached hydrogen (secondary N) is 1. The van der Waals surface area contributed by atoms with Crippen LogP contribution in [0.1, 0.15) is 31.7 Å². The summed E-state index contributed by atoms with van der Waals surface area (Å²) in [5, 5.41) is 11.2. The maximum atomic E-state index is 12.6. The van der Waals surface area contributed by atoms with E-state index >= 15 is 0 Å². The Morgan fingerprint density at radius 2 is 1.96 bits per heavy atom. The molecule has 1 heterocycles. The Bertz CT molecular complexity index is 819. The zero-order valence-corrected chi connectivity index (χ0v) is 17.1. The van der Waals surface area contributed by atoms with Crippen LogP contribution in [0.5, 0.6) is 0 Å². The molecule has 1 saturated heterocycles. The highest BCUT2D eigenvalue weighted by Crippen LogP contribution is 2.32. The van der Waals surface area contributed by atoms with Gasteiger partial charge in [0.2, 0.25) is 5.91 Å². The summed E-state index contributed by atoms with van der Waals surface area (Å²) in [4.78, 5) is 36.8. The first-order valence-electron chi connectivity index (χ1n) is 8.84. The highest BCUT2D eigenvalue weighted by atomic mass is 32.2. The summed E-state index contributed by atoms with van der Waals surface area (Å²) in [6.07, 6.45) is 4.29. The summed E-state index contributed by atoms with van der Waals surface area (Å²) in [6, 6.07) is 9.81. The molecule has 0 saturated carbocycles. The lowest BCUT2D eigenvalue weighted by molar-refractivity contribution is -0.137. The molecule has 8 heteroatoms. The molecule has 0 bridgehead atoms. The summed E-state index contributed by atoms with van der Waals surface area (Å²) in [6.45, 7) is 2.42. The Kier molecular flexibility index (Phi) is 8.41. The molecule has 2 N–H and O–H groups in total. The van der Waals surface area contributed by atoms with Crippen LogP contribution in [0.2, 0.25) is 0 Å². The van der Waals surface area contributed by atoms with Gasteiger partial charge in [0.05, 0.1) is 4.91 Å². The molecule has 28 heavy (non-hydrogen) atoms. The van der Waals surface area contributed by atoms with Crippen molar-refractivity contribution in [3.8, 4) is 0 Å². The number of aliphatic carboxylic acids is 1. The molecule has 6 nitrogen and oxygen atoms in total. The standard InChI is InChI=1S/C20H22N2O4S2/c1-14(12-15-6-3-2-4-7-15)13-16-19(26)22(20(27)28-16)11-9-17(23)21-10-5-8-18(24)25/h2-4,6-7,12-13H,5,8-11H2,1H3,(H,21,23)(H,24,25)/b14-12-,16-13+. The van der Waals surface area contributed by atoms with E-state index in [-0.39, 0.29) is 31.2 Å². The van der Waals surface area contributed by atoms with E-state index in [1.54, 1.807) is 6.08 Å². The number of hydrogen-bond acceptors (Lipinski definition) is 5. The van der Waals surface area contributed by atoms with Gasteiger partial charge in [-0.25, -0.2) is 0 Å². The van der Waals surface area contributed by atoms with Gasteiger partial charge in [-0.2, -0.15) is 0 Å². The van der Waals surface area contributed by atoms with Crippen LogP contribution in [-0.2, 0) is 14.4 Å². The second-order valence-corrected chi connectivity index (χ2v) is 7.91. The molecular weight excluding hydrogens is 396 g/mol. The van der Waals surface area contributed by atoms with Gasteiger partial charge in [-0.15, -0.1) is 0 Å². The lowest BCUT2D eigenvalue weighted by Crippen LogP contribution is -2.33. The minimum Gasteiger partial charge on any atom is -0.481 e. The van der Waals surface area contributed by atoms with Gasteiger partial charge in [0.1, 0.15) is 4.32 Å². The van der Waals surface area contributed by atoms with Gasteiger partial charge in [-0.05, 0) is 30.6 Å². The molecule has 0 atom stereocenters. The fraction of sp³-hybridized carbons (Fsp3) is 0.300. The van der Waals surface area contributed by atoms with E-state index in [4.69, 9.17) is 17.3 Å². The van der Waals surface area contributed by atoms with E-state index in [1.165, 1.54) is 16.7 Å². The van der Waals surface area contributed by atoms with Crippen molar-refractivity contribution in [1.29, 1.82) is 0 Å². The van der Waals surface area contributed by atoms with Crippen molar-refractivity contribution in [3.05, 3.63) is 52.4 Å². The Labute approximate surface area is 173 Å². The Hall–Kier alpha value is -2.45. The number of thioether (sulfide) groups is 1. The van der Waals surface area contributed by atoms with Gasteiger partial charge in [0.25, 0.3) is 5.91 Å². The highest BCUT2D eigenvalue weighted by Gasteiger charge is 2.31. The number of hydrogen-bond donors (Lipinski definition) is 2. The van der Waals surface area contributed by atoms with Crippen LogP contribution in [0, 0.1) is 0 Å². The first-order chi connectivity index (χ1) is 13.4. The van der Waals surface area contributed by atoms with Crippen molar-refractivity contribution in [3.63, 3.8) is 0 Å². The molecule has 0 unspecified atom stereocenters. The minimum atomic E-state index is -0.893. The quantitative estimate of drug-likeness (QED) is 0.364. The Morgan fingerprint density at radius 3 is 2.64 bits per heavy atom. The number of carbonyl (C=O) groups is 3. The summed E-state index contributed by atoms with van der Waals surface area (Å²) < 4.78 is 0.433. The third-order valence-corrected chi connectivity index (χ3v) is 5.26. The number of thiocarbonyl (C=S) groups is 1. The number of carbonyl (C=O) groups excluding carboxylic acids is 2. The second-order valence-electron chi connectivity index (χ2n) is 6.23. The average molecular weight is 419 g/mol. The lowest BCUT2D eigenvalue weighted by atomic mass is 10.1. The number of amides is 2. The van der Waals surface area contributed by atoms with Gasteiger partial charge < -0.3 is 10.4 Å². The molecule has 1 fully saturated rings. The van der Waals surface area contributed by atoms with Crippen molar-refractivity contribution in [2.24, 2.45) is 0 Å². The molecule has 0 aliphatic carbocycles. The van der Waals surface area contributed by atoms with Crippen molar-refractivity contribution in [2.45, 2.75) is 26.2 Å². The van der Waals surface area contributed by atoms with Crippen molar-refractivity contribution in [1.82, 2.24) is 10.2 Å². The number of carboxylic acid groups (broad SMARTS) is 1. The van der Waals surface area contributed by atoms with E-state index in [9.17, 15) is 14.4 Å². The van der Waals surface area contributed by atoms with Gasteiger partial charge >= 0.3 is 5.97 Å². The molecular formula is C20H22N2O4S2. The number of rotatable bonds is 9. The van der Waals surface area contributed by atoms with E-state index in [2.05, 4.69) is 5.32 Å². The monoisotopic (exact) mass is 418 g/mol. The fourth-order valence-electron chi connectivity index (χ4n) is 2.52. The van der Waals surface area contributed by atoms with Crippen LogP contribution in [0.4, 0.5) is 0 Å². The molecule has 1 aromatic rings. The van der Waals surface area contributed by atoms with Crippen molar-refractivity contribution in [2.75, 3.05) is 13.1 Å². The Balaban J connectivity index is 1.88. The van der Waals surface area contributed by atoms with Gasteiger partial charge in [0.15, 0.2) is 0 Å². The first kappa shape index (κ1) is 21.8. The maximum Gasteiger partial charge on any atom is 0.303 e. The lowest BCUT2D eigenvalue weighted by Gasteiger charge is -2.14. The third kappa shape index (κ3) is 6.94. The first-order valence-corrected chi connectivity index (χ1v) is 10.1. The molecule has 2 amide bonds. The zero-order chi connectivity index (χ0) is 20.5. The zero-order valence-electron chi connectivity index (χ0n) is 15.5. The van der Waals surface area contributed by atoms with Crippen LogP contribution >= 0.6 is 24.0 Å². The molecule has 2 rings (SSSR count). The number of carboxylic acids is 1. The van der Waals surface area contributed by atoms with Crippen LogP contribution in [0.25, 0.3) is 6.08 Å². The van der Waals surface area contributed by atoms with Crippen molar-refractivity contribution >= 4 is 52.2 Å².